The Kier molecular flexibility index (Phi) is 2.82. The molecule has 0 aromatic rings. The SMILES string of the molecule is CC1CCCC2(C)CCC3C(C)(C)CC4(C)CC(Br)=C1C324. The molecule has 5 unspecified atom stereocenters. The summed E-state index contributed by atoms with van der Waals surface area (Å²) in [6.07, 6.45) is 9.97. The predicted octanol–water partition coefficient (Wildman–Crippen LogP) is 6.70. The Hall–Kier alpha value is 0.220. The highest BCUT2D eigenvalue weighted by Gasteiger charge is 2.76. The van der Waals surface area contributed by atoms with E-state index >= 15 is 0 Å². The first-order valence-corrected chi connectivity index (χ1v) is 9.86. The van der Waals surface area contributed by atoms with Crippen molar-refractivity contribution >= 4 is 15.9 Å². The third kappa shape index (κ3) is 1.44. The van der Waals surface area contributed by atoms with Crippen LogP contribution in [0.3, 0.4) is 0 Å². The average molecular weight is 351 g/mol. The maximum Gasteiger partial charge on any atom is 0.00698 e. The standard InChI is InChI=1S/C20H31Br/c1-13-7-6-9-18(4)10-8-15-17(2,3)12-19(5)11-14(21)16(13)20(15,18)19/h13,15H,6-12H2,1-5H3. The van der Waals surface area contributed by atoms with Crippen molar-refractivity contribution in [1.82, 2.24) is 0 Å². The number of allylic oxidation sites excluding steroid dienone is 2. The molecule has 0 heterocycles. The first-order valence-electron chi connectivity index (χ1n) is 9.07. The van der Waals surface area contributed by atoms with E-state index in [1.807, 2.05) is 5.57 Å². The van der Waals surface area contributed by atoms with E-state index in [0.29, 0.717) is 21.7 Å². The van der Waals surface area contributed by atoms with Crippen LogP contribution in [0, 0.1) is 33.5 Å². The second-order valence-corrected chi connectivity index (χ2v) is 10.9. The van der Waals surface area contributed by atoms with Crippen molar-refractivity contribution in [3.05, 3.63) is 10.1 Å². The zero-order valence-electron chi connectivity index (χ0n) is 14.5. The van der Waals surface area contributed by atoms with E-state index in [-0.39, 0.29) is 0 Å². The van der Waals surface area contributed by atoms with Crippen LogP contribution in [0.15, 0.2) is 10.1 Å². The Balaban J connectivity index is 2.03. The monoisotopic (exact) mass is 350 g/mol. The van der Waals surface area contributed by atoms with Crippen LogP contribution in [-0.2, 0) is 0 Å². The van der Waals surface area contributed by atoms with Gasteiger partial charge >= 0.3 is 0 Å². The fraction of sp³-hybridized carbons (Fsp3) is 0.900. The number of hydrogen-bond donors (Lipinski definition) is 0. The summed E-state index contributed by atoms with van der Waals surface area (Å²) < 4.78 is 1.60. The lowest BCUT2D eigenvalue weighted by Crippen LogP contribution is -2.47. The molecular weight excluding hydrogens is 320 g/mol. The van der Waals surface area contributed by atoms with Gasteiger partial charge in [0.2, 0.25) is 0 Å². The van der Waals surface area contributed by atoms with Gasteiger partial charge in [0.25, 0.3) is 0 Å². The zero-order valence-corrected chi connectivity index (χ0v) is 16.1. The zero-order chi connectivity index (χ0) is 15.3. The molecule has 4 aliphatic carbocycles. The first kappa shape index (κ1) is 14.8. The van der Waals surface area contributed by atoms with Gasteiger partial charge in [0.15, 0.2) is 0 Å². The maximum atomic E-state index is 4.06. The van der Waals surface area contributed by atoms with Gasteiger partial charge in [0, 0.05) is 5.41 Å². The van der Waals surface area contributed by atoms with Gasteiger partial charge in [-0.3, -0.25) is 0 Å². The van der Waals surface area contributed by atoms with Crippen LogP contribution >= 0.6 is 15.9 Å². The highest BCUT2D eigenvalue weighted by atomic mass is 79.9. The van der Waals surface area contributed by atoms with Crippen molar-refractivity contribution in [2.45, 2.75) is 79.6 Å². The van der Waals surface area contributed by atoms with E-state index in [4.69, 9.17) is 0 Å². The molecule has 0 bridgehead atoms. The van der Waals surface area contributed by atoms with Crippen molar-refractivity contribution < 1.29 is 0 Å². The van der Waals surface area contributed by atoms with Gasteiger partial charge in [-0.2, -0.15) is 0 Å². The molecule has 4 aliphatic rings. The van der Waals surface area contributed by atoms with Gasteiger partial charge in [-0.15, -0.1) is 0 Å². The summed E-state index contributed by atoms with van der Waals surface area (Å²) in [6, 6.07) is 0. The lowest BCUT2D eigenvalue weighted by molar-refractivity contribution is -0.0000886. The fourth-order valence-corrected chi connectivity index (χ4v) is 9.63. The molecule has 0 N–H and O–H groups in total. The third-order valence-corrected chi connectivity index (χ3v) is 9.03. The molecule has 0 aromatic heterocycles. The van der Waals surface area contributed by atoms with Gasteiger partial charge in [-0.05, 0) is 76.7 Å². The summed E-state index contributed by atoms with van der Waals surface area (Å²) in [7, 11) is 0. The van der Waals surface area contributed by atoms with Crippen LogP contribution in [-0.4, -0.2) is 0 Å². The number of hydrogen-bond acceptors (Lipinski definition) is 0. The van der Waals surface area contributed by atoms with Gasteiger partial charge in [0.1, 0.15) is 0 Å². The van der Waals surface area contributed by atoms with Crippen LogP contribution in [0.5, 0.6) is 0 Å². The van der Waals surface area contributed by atoms with E-state index in [2.05, 4.69) is 50.5 Å². The highest BCUT2D eigenvalue weighted by Crippen LogP contribution is 2.84. The van der Waals surface area contributed by atoms with Crippen LogP contribution in [0.2, 0.25) is 0 Å². The smallest absolute Gasteiger partial charge is 0.00698 e. The molecule has 4 rings (SSSR count). The normalized spacial score (nSPS) is 54.6. The van der Waals surface area contributed by atoms with Crippen molar-refractivity contribution in [1.29, 1.82) is 0 Å². The molecule has 0 aromatic carbocycles. The molecule has 0 aliphatic heterocycles. The van der Waals surface area contributed by atoms with Crippen molar-refractivity contribution in [3.8, 4) is 0 Å². The van der Waals surface area contributed by atoms with Crippen molar-refractivity contribution in [2.24, 2.45) is 33.5 Å². The summed E-state index contributed by atoms with van der Waals surface area (Å²) >= 11 is 4.06. The minimum absolute atomic E-state index is 0.498. The Morgan fingerprint density at radius 3 is 2.43 bits per heavy atom. The largest absolute Gasteiger partial charge is 0.0596 e. The molecule has 3 fully saturated rings. The molecule has 0 radical (unpaired) electrons. The molecule has 0 saturated heterocycles. The maximum absolute atomic E-state index is 4.06. The van der Waals surface area contributed by atoms with Gasteiger partial charge < -0.3 is 0 Å². The molecular formula is C20H31Br. The van der Waals surface area contributed by atoms with Crippen molar-refractivity contribution in [2.75, 3.05) is 0 Å². The van der Waals surface area contributed by atoms with Crippen molar-refractivity contribution in [3.63, 3.8) is 0 Å². The molecule has 1 spiro atoms. The van der Waals surface area contributed by atoms with E-state index in [1.165, 1.54) is 44.9 Å². The van der Waals surface area contributed by atoms with Crippen LogP contribution in [0.4, 0.5) is 0 Å². The summed E-state index contributed by atoms with van der Waals surface area (Å²) in [5.74, 6) is 1.70. The van der Waals surface area contributed by atoms with Gasteiger partial charge in [-0.25, -0.2) is 0 Å². The van der Waals surface area contributed by atoms with E-state index in [9.17, 15) is 0 Å². The van der Waals surface area contributed by atoms with E-state index in [1.54, 1.807) is 4.48 Å². The van der Waals surface area contributed by atoms with Gasteiger partial charge in [-0.1, -0.05) is 57.0 Å². The number of rotatable bonds is 0. The predicted molar refractivity (Wildman–Crippen MR) is 93.4 cm³/mol. The molecule has 1 heteroatoms. The van der Waals surface area contributed by atoms with Crippen LogP contribution in [0.1, 0.15) is 79.6 Å². The Labute approximate surface area is 139 Å². The highest BCUT2D eigenvalue weighted by molar-refractivity contribution is 9.11. The molecule has 0 amide bonds. The second kappa shape index (κ2) is 4.00. The van der Waals surface area contributed by atoms with Crippen LogP contribution < -0.4 is 0 Å². The summed E-state index contributed by atoms with van der Waals surface area (Å²) in [5.41, 5.74) is 3.95. The quantitative estimate of drug-likeness (QED) is 0.456. The lowest BCUT2D eigenvalue weighted by atomic mass is 9.51. The fourth-order valence-electron chi connectivity index (χ4n) is 8.30. The summed E-state index contributed by atoms with van der Waals surface area (Å²) in [5, 5.41) is 0. The molecule has 118 valence electrons. The average Bonchev–Trinajstić information content (AvgIpc) is 2.77. The minimum atomic E-state index is 0.498. The minimum Gasteiger partial charge on any atom is -0.0596 e. The number of halogens is 1. The molecule has 21 heavy (non-hydrogen) atoms. The molecule has 5 atom stereocenters. The second-order valence-electron chi connectivity index (χ2n) is 9.97. The van der Waals surface area contributed by atoms with E-state index in [0.717, 1.165) is 11.8 Å². The summed E-state index contributed by atoms with van der Waals surface area (Å²) in [4.78, 5) is 0. The Morgan fingerprint density at radius 1 is 1.00 bits per heavy atom. The molecule has 3 saturated carbocycles. The Morgan fingerprint density at radius 2 is 1.71 bits per heavy atom. The Bertz CT molecular complexity index is 530. The first-order chi connectivity index (χ1) is 9.68. The third-order valence-electron chi connectivity index (χ3n) is 8.32. The van der Waals surface area contributed by atoms with E-state index < -0.39 is 0 Å². The molecule has 0 nitrogen and oxygen atoms in total. The summed E-state index contributed by atoms with van der Waals surface area (Å²) in [6.45, 7) is 13.0. The topological polar surface area (TPSA) is 0 Å². The van der Waals surface area contributed by atoms with Gasteiger partial charge in [0.05, 0.1) is 0 Å². The lowest BCUT2D eigenvalue weighted by Gasteiger charge is -2.52. The van der Waals surface area contributed by atoms with Crippen LogP contribution in [0.25, 0.3) is 0 Å².